The molecule has 1 saturated carbocycles. The van der Waals surface area contributed by atoms with Gasteiger partial charge in [-0.3, -0.25) is 4.57 Å². The highest BCUT2D eigenvalue weighted by molar-refractivity contribution is 7.80. The fourth-order valence-electron chi connectivity index (χ4n) is 5.71. The molecule has 1 aliphatic rings. The number of imidazole rings is 1. The maximum absolute atomic E-state index is 13.1. The first-order valence-electron chi connectivity index (χ1n) is 12.8. The molecule has 11 heteroatoms. The molecule has 10 nitrogen and oxygen atoms in total. The Bertz CT molecular complexity index is 1150. The van der Waals surface area contributed by atoms with Crippen LogP contribution < -0.4 is 14.2 Å². The van der Waals surface area contributed by atoms with Gasteiger partial charge in [-0.1, -0.05) is 20.8 Å². The van der Waals surface area contributed by atoms with Crippen molar-refractivity contribution in [1.82, 2.24) is 9.55 Å². The van der Waals surface area contributed by atoms with Crippen LogP contribution in [0.5, 0.6) is 17.2 Å². The van der Waals surface area contributed by atoms with E-state index in [1.807, 2.05) is 0 Å². The molecule has 2 aromatic rings. The zero-order valence-electron chi connectivity index (χ0n) is 23.9. The van der Waals surface area contributed by atoms with Crippen LogP contribution in [0.25, 0.3) is 0 Å². The number of benzene rings is 1. The smallest absolute Gasteiger partial charge is 0.345 e. The number of carbonyl (C=O) groups is 2. The SMILES string of the molecule is COC(=O)c1c(OC)c(C(=O)OC)c(OC)c([C@@H](CC(C)C)[C@@]2(C)CCC[C@@H]2OC(=S)n2ccnc2)c1OC. The van der Waals surface area contributed by atoms with E-state index < -0.39 is 17.4 Å². The van der Waals surface area contributed by atoms with Crippen molar-refractivity contribution in [2.75, 3.05) is 35.5 Å². The van der Waals surface area contributed by atoms with Gasteiger partial charge in [-0.05, 0) is 43.8 Å². The van der Waals surface area contributed by atoms with Crippen LogP contribution >= 0.6 is 12.2 Å². The molecule has 1 fully saturated rings. The van der Waals surface area contributed by atoms with Crippen LogP contribution in [-0.4, -0.2) is 68.3 Å². The van der Waals surface area contributed by atoms with E-state index in [0.717, 1.165) is 19.3 Å². The number of rotatable bonds is 10. The summed E-state index contributed by atoms with van der Waals surface area (Å²) in [4.78, 5) is 30.4. The summed E-state index contributed by atoms with van der Waals surface area (Å²) < 4.78 is 35.7. The molecular weight excluding hydrogens is 524 g/mol. The molecule has 0 unspecified atom stereocenters. The van der Waals surface area contributed by atoms with Gasteiger partial charge in [-0.25, -0.2) is 14.6 Å². The number of methoxy groups -OCH3 is 5. The van der Waals surface area contributed by atoms with E-state index in [-0.39, 0.29) is 46.3 Å². The van der Waals surface area contributed by atoms with Crippen molar-refractivity contribution in [1.29, 1.82) is 0 Å². The van der Waals surface area contributed by atoms with E-state index in [0.29, 0.717) is 17.2 Å². The Morgan fingerprint density at radius 1 is 1.03 bits per heavy atom. The monoisotopic (exact) mass is 562 g/mol. The van der Waals surface area contributed by atoms with Crippen LogP contribution in [0.1, 0.15) is 78.7 Å². The molecule has 3 atom stereocenters. The molecule has 3 rings (SSSR count). The quantitative estimate of drug-likeness (QED) is 0.289. The summed E-state index contributed by atoms with van der Waals surface area (Å²) in [6, 6.07) is 0. The van der Waals surface area contributed by atoms with E-state index in [4.69, 9.17) is 40.6 Å². The zero-order chi connectivity index (χ0) is 28.9. The van der Waals surface area contributed by atoms with Crippen molar-refractivity contribution in [3.63, 3.8) is 0 Å². The van der Waals surface area contributed by atoms with Gasteiger partial charge in [-0.15, -0.1) is 0 Å². The molecule has 0 N–H and O–H groups in total. The molecule has 1 aromatic carbocycles. The second kappa shape index (κ2) is 12.7. The van der Waals surface area contributed by atoms with Gasteiger partial charge >= 0.3 is 11.9 Å². The second-order valence-corrected chi connectivity index (χ2v) is 10.5. The summed E-state index contributed by atoms with van der Waals surface area (Å²) in [6.07, 6.45) is 7.86. The van der Waals surface area contributed by atoms with Crippen molar-refractivity contribution < 1.29 is 38.0 Å². The van der Waals surface area contributed by atoms with Gasteiger partial charge in [0.25, 0.3) is 5.17 Å². The molecule has 0 aliphatic heterocycles. The number of nitrogens with zero attached hydrogens (tertiary/aromatic N) is 2. The molecule has 1 aromatic heterocycles. The largest absolute Gasteiger partial charge is 0.495 e. The van der Waals surface area contributed by atoms with Gasteiger partial charge in [0.15, 0.2) is 5.75 Å². The predicted octanol–water partition coefficient (Wildman–Crippen LogP) is 5.02. The maximum Gasteiger partial charge on any atom is 0.345 e. The summed E-state index contributed by atoms with van der Waals surface area (Å²) in [6.45, 7) is 6.37. The number of hydrogen-bond donors (Lipinski definition) is 0. The standard InChI is InChI=1S/C28H38N2O8S/c1-16(2)14-17(28(3)11-9-10-18(28)38-27(39)30-13-12-29-15-30)19-22(33-4)20(25(31)36-7)24(35-6)21(23(19)34-5)26(32)37-8/h12-13,15-18H,9-11,14H2,1-8H3/t17-,18+,28-/m1/s1. The summed E-state index contributed by atoms with van der Waals surface area (Å²) in [5, 5.41) is 0.299. The summed E-state index contributed by atoms with van der Waals surface area (Å²) >= 11 is 5.59. The van der Waals surface area contributed by atoms with Gasteiger partial charge in [0.05, 0.1) is 35.5 Å². The minimum Gasteiger partial charge on any atom is -0.495 e. The first kappa shape index (κ1) is 30.2. The van der Waals surface area contributed by atoms with Crippen LogP contribution in [0, 0.1) is 11.3 Å². The minimum atomic E-state index is -0.716. The van der Waals surface area contributed by atoms with Crippen molar-refractivity contribution >= 4 is 29.3 Å². The van der Waals surface area contributed by atoms with Crippen molar-refractivity contribution in [3.05, 3.63) is 35.4 Å². The molecule has 39 heavy (non-hydrogen) atoms. The number of aromatic nitrogens is 2. The maximum atomic E-state index is 13.1. The lowest BCUT2D eigenvalue weighted by Crippen LogP contribution is -2.38. The first-order chi connectivity index (χ1) is 18.6. The number of esters is 2. The third-order valence-corrected chi connectivity index (χ3v) is 7.82. The molecule has 0 bridgehead atoms. The summed E-state index contributed by atoms with van der Waals surface area (Å²) in [7, 11) is 6.81. The Morgan fingerprint density at radius 3 is 2.03 bits per heavy atom. The zero-order valence-corrected chi connectivity index (χ0v) is 24.7. The fourth-order valence-corrected chi connectivity index (χ4v) is 5.94. The van der Waals surface area contributed by atoms with Gasteiger partial charge in [-0.2, -0.15) is 0 Å². The fraction of sp³-hybridized carbons (Fsp3) is 0.571. The molecular formula is C28H38N2O8S. The first-order valence-corrected chi connectivity index (χ1v) is 13.2. The average molecular weight is 563 g/mol. The predicted molar refractivity (Wildman–Crippen MR) is 148 cm³/mol. The Morgan fingerprint density at radius 2 is 1.59 bits per heavy atom. The number of ether oxygens (including phenoxy) is 6. The normalized spacial score (nSPS) is 19.4. The number of thiocarbonyl (C=S) groups is 1. The van der Waals surface area contributed by atoms with E-state index in [1.165, 1.54) is 35.5 Å². The Balaban J connectivity index is 2.34. The highest BCUT2D eigenvalue weighted by Crippen LogP contribution is 2.58. The lowest BCUT2D eigenvalue weighted by Gasteiger charge is -2.41. The molecule has 0 radical (unpaired) electrons. The molecule has 214 valence electrons. The van der Waals surface area contributed by atoms with Crippen LogP contribution in [0.4, 0.5) is 0 Å². The van der Waals surface area contributed by atoms with Gasteiger partial charge in [0, 0.05) is 29.3 Å². The van der Waals surface area contributed by atoms with Crippen LogP contribution in [-0.2, 0) is 14.2 Å². The van der Waals surface area contributed by atoms with Crippen LogP contribution in [0.3, 0.4) is 0 Å². The lowest BCUT2D eigenvalue weighted by atomic mass is 9.66. The van der Waals surface area contributed by atoms with Crippen molar-refractivity contribution in [2.45, 2.75) is 58.5 Å². The number of carbonyl (C=O) groups excluding carboxylic acids is 2. The Kier molecular flexibility index (Phi) is 9.82. The molecule has 1 heterocycles. The van der Waals surface area contributed by atoms with E-state index in [1.54, 1.807) is 23.3 Å². The van der Waals surface area contributed by atoms with E-state index >= 15 is 0 Å². The van der Waals surface area contributed by atoms with Crippen molar-refractivity contribution in [3.8, 4) is 17.2 Å². The second-order valence-electron chi connectivity index (χ2n) is 10.2. The van der Waals surface area contributed by atoms with E-state index in [2.05, 4.69) is 25.8 Å². The van der Waals surface area contributed by atoms with Crippen LogP contribution in [0.2, 0.25) is 0 Å². The van der Waals surface area contributed by atoms with Gasteiger partial charge in [0.2, 0.25) is 0 Å². The Labute approximate surface area is 234 Å². The topological polar surface area (TPSA) is 107 Å². The van der Waals surface area contributed by atoms with Crippen molar-refractivity contribution in [2.24, 2.45) is 11.3 Å². The molecule has 0 saturated heterocycles. The Hall–Kier alpha value is -3.34. The average Bonchev–Trinajstić information content (AvgIpc) is 3.60. The molecule has 0 amide bonds. The van der Waals surface area contributed by atoms with E-state index in [9.17, 15) is 9.59 Å². The summed E-state index contributed by atoms with van der Waals surface area (Å²) in [5.41, 5.74) is 0.0490. The van der Waals surface area contributed by atoms with Gasteiger partial charge in [0.1, 0.15) is 35.1 Å². The van der Waals surface area contributed by atoms with Crippen LogP contribution in [0.15, 0.2) is 18.7 Å². The number of hydrogen-bond acceptors (Lipinski definition) is 10. The molecule has 0 spiro atoms. The highest BCUT2D eigenvalue weighted by atomic mass is 32.1. The lowest BCUT2D eigenvalue weighted by molar-refractivity contribution is 0.0467. The third kappa shape index (κ3) is 5.68. The highest BCUT2D eigenvalue weighted by Gasteiger charge is 2.51. The molecule has 1 aliphatic carbocycles. The third-order valence-electron chi connectivity index (χ3n) is 7.52. The van der Waals surface area contributed by atoms with Gasteiger partial charge < -0.3 is 28.4 Å². The summed E-state index contributed by atoms with van der Waals surface area (Å²) in [5.74, 6) is -1.08. The minimum absolute atomic E-state index is 0.0135.